The first-order chi connectivity index (χ1) is 21.7. The minimum Gasteiger partial charge on any atom is -0.456 e. The fraction of sp³-hybridized carbons (Fsp3) is 0.114. The van der Waals surface area contributed by atoms with Crippen LogP contribution in [0.15, 0.2) is 105 Å². The Morgan fingerprint density at radius 1 is 0.674 bits per heavy atom. The molecule has 1 aliphatic carbocycles. The zero-order valence-corrected chi connectivity index (χ0v) is 27.0. The van der Waals surface area contributed by atoms with Gasteiger partial charge in [0.1, 0.15) is 16.2 Å². The average Bonchev–Trinajstić information content (AvgIpc) is 2.98. The van der Waals surface area contributed by atoms with Gasteiger partial charge in [0, 0.05) is 56.7 Å². The molecule has 0 atom stereocenters. The van der Waals surface area contributed by atoms with Crippen molar-refractivity contribution in [3.05, 3.63) is 119 Å². The maximum atomic E-state index is 12.7. The molecule has 0 bridgehead atoms. The topological polar surface area (TPSA) is 148 Å². The van der Waals surface area contributed by atoms with Crippen molar-refractivity contribution in [2.75, 3.05) is 5.32 Å². The van der Waals surface area contributed by atoms with Crippen molar-refractivity contribution in [3.8, 4) is 22.5 Å². The number of anilines is 2. The largest absolute Gasteiger partial charge is 0.456 e. The van der Waals surface area contributed by atoms with Crippen molar-refractivity contribution in [2.45, 2.75) is 37.5 Å². The van der Waals surface area contributed by atoms with Gasteiger partial charge < -0.3 is 9.73 Å². The SMILES string of the molecule is Cc1cccc(C)c1Nc1ccc2c(-c3ccc(S(=O)(=O)O)cc3S(=O)(=O)O)c3ccc(=[NH+]c4c(C)cccc4C)cc-3oc2c1. The van der Waals surface area contributed by atoms with Gasteiger partial charge in [-0.05, 0) is 69.2 Å². The first-order valence-electron chi connectivity index (χ1n) is 14.3. The Kier molecular flexibility index (Phi) is 7.81. The second-order valence-electron chi connectivity index (χ2n) is 11.3. The Labute approximate surface area is 266 Å². The summed E-state index contributed by atoms with van der Waals surface area (Å²) in [5.41, 5.74) is 8.16. The lowest BCUT2D eigenvalue weighted by Gasteiger charge is -2.18. The minimum atomic E-state index is -4.95. The van der Waals surface area contributed by atoms with E-state index in [2.05, 4.69) is 10.3 Å². The molecule has 4 aromatic carbocycles. The summed E-state index contributed by atoms with van der Waals surface area (Å²) in [6, 6.07) is 25.9. The Bertz CT molecular complexity index is 2410. The van der Waals surface area contributed by atoms with Crippen LogP contribution in [-0.4, -0.2) is 25.9 Å². The van der Waals surface area contributed by atoms with Gasteiger partial charge in [-0.2, -0.15) is 16.8 Å². The normalized spacial score (nSPS) is 12.6. The molecule has 0 aromatic heterocycles. The van der Waals surface area contributed by atoms with Crippen molar-refractivity contribution in [3.63, 3.8) is 0 Å². The summed E-state index contributed by atoms with van der Waals surface area (Å²) in [5, 5.41) is 4.69. The van der Waals surface area contributed by atoms with Crippen LogP contribution < -0.4 is 15.7 Å². The van der Waals surface area contributed by atoms with Gasteiger partial charge in [-0.1, -0.05) is 42.5 Å². The van der Waals surface area contributed by atoms with Crippen molar-refractivity contribution < 1.29 is 35.4 Å². The Hall–Kier alpha value is -4.81. The van der Waals surface area contributed by atoms with E-state index in [0.29, 0.717) is 27.9 Å². The molecule has 4 aromatic rings. The summed E-state index contributed by atoms with van der Waals surface area (Å²) in [5.74, 6) is 0.406. The van der Waals surface area contributed by atoms with Crippen LogP contribution in [0.25, 0.3) is 33.4 Å². The molecule has 0 radical (unpaired) electrons. The molecule has 4 N–H and O–H groups in total. The predicted octanol–water partition coefficient (Wildman–Crippen LogP) is 5.99. The van der Waals surface area contributed by atoms with Crippen molar-refractivity contribution in [2.24, 2.45) is 0 Å². The van der Waals surface area contributed by atoms with E-state index in [4.69, 9.17) is 4.42 Å². The summed E-state index contributed by atoms with van der Waals surface area (Å²) < 4.78 is 75.5. The van der Waals surface area contributed by atoms with Gasteiger partial charge in [0.15, 0.2) is 0 Å². The monoisotopic (exact) mass is 655 g/mol. The molecule has 0 saturated carbocycles. The third-order valence-electron chi connectivity index (χ3n) is 8.02. The van der Waals surface area contributed by atoms with Crippen LogP contribution in [0, 0.1) is 27.7 Å². The molecule has 0 unspecified atom stereocenters. The number of hydrogen-bond acceptors (Lipinski definition) is 6. The standard InChI is InChI=1S/C35H30N2O7S2/c1-20-7-5-8-21(2)34(20)36-24-11-14-27-30(17-24)44-31-18-25(37-35-22(3)9-6-10-23(35)4)12-15-28(31)33(27)29-16-13-26(45(38,39)40)19-32(29)46(41,42)43/h5-19,36H,1-4H3,(H,38,39,40)(H,41,42,43)/p+1. The first-order valence-corrected chi connectivity index (χ1v) is 17.2. The predicted molar refractivity (Wildman–Crippen MR) is 177 cm³/mol. The van der Waals surface area contributed by atoms with Crippen LogP contribution >= 0.6 is 0 Å². The lowest BCUT2D eigenvalue weighted by molar-refractivity contribution is -0.403. The highest BCUT2D eigenvalue weighted by Crippen LogP contribution is 2.43. The maximum Gasteiger partial charge on any atom is 0.295 e. The van der Waals surface area contributed by atoms with E-state index in [1.54, 1.807) is 24.3 Å². The van der Waals surface area contributed by atoms with Gasteiger partial charge in [-0.15, -0.1) is 0 Å². The highest BCUT2D eigenvalue weighted by atomic mass is 32.2. The van der Waals surface area contributed by atoms with Crippen molar-refractivity contribution >= 4 is 48.3 Å². The number of benzene rings is 5. The zero-order valence-electron chi connectivity index (χ0n) is 25.4. The number of rotatable bonds is 6. The molecule has 46 heavy (non-hydrogen) atoms. The molecule has 1 aliphatic heterocycles. The fourth-order valence-corrected chi connectivity index (χ4v) is 7.04. The smallest absolute Gasteiger partial charge is 0.295 e. The van der Waals surface area contributed by atoms with Crippen molar-refractivity contribution in [1.82, 2.24) is 0 Å². The zero-order chi connectivity index (χ0) is 33.0. The summed E-state index contributed by atoms with van der Waals surface area (Å²) in [6.45, 7) is 8.02. The molecule has 234 valence electrons. The summed E-state index contributed by atoms with van der Waals surface area (Å²) in [7, 11) is -9.71. The van der Waals surface area contributed by atoms with Crippen LogP contribution in [0.4, 0.5) is 17.1 Å². The Balaban J connectivity index is 1.67. The van der Waals surface area contributed by atoms with Gasteiger partial charge in [0.05, 0.1) is 11.0 Å². The molecule has 0 saturated heterocycles. The first kappa shape index (κ1) is 31.2. The minimum absolute atomic E-state index is 0.0339. The average molecular weight is 656 g/mol. The number of nitrogens with one attached hydrogen (secondary N) is 2. The maximum absolute atomic E-state index is 12.7. The highest BCUT2D eigenvalue weighted by Gasteiger charge is 2.26. The molecule has 9 nitrogen and oxygen atoms in total. The van der Waals surface area contributed by atoms with Crippen LogP contribution in [0.1, 0.15) is 22.3 Å². The summed E-state index contributed by atoms with van der Waals surface area (Å²) in [4.78, 5) is 2.11. The van der Waals surface area contributed by atoms with Gasteiger partial charge in [-0.3, -0.25) is 9.11 Å². The van der Waals surface area contributed by atoms with E-state index in [-0.39, 0.29) is 5.56 Å². The molecule has 2 aliphatic rings. The van der Waals surface area contributed by atoms with Crippen LogP contribution in [0.5, 0.6) is 0 Å². The molecule has 6 rings (SSSR count). The lowest BCUT2D eigenvalue weighted by Crippen LogP contribution is -2.71. The molecular formula is C35H31N2O7S2+. The second-order valence-corrected chi connectivity index (χ2v) is 14.1. The van der Waals surface area contributed by atoms with Gasteiger partial charge >= 0.3 is 0 Å². The summed E-state index contributed by atoms with van der Waals surface area (Å²) >= 11 is 0. The van der Waals surface area contributed by atoms with Gasteiger partial charge in [-0.25, -0.2) is 4.99 Å². The molecule has 1 heterocycles. The number of para-hydroxylation sites is 2. The molecule has 0 fully saturated rings. The molecule has 11 heteroatoms. The third kappa shape index (κ3) is 5.93. The summed E-state index contributed by atoms with van der Waals surface area (Å²) in [6.07, 6.45) is 0. The number of hydrogen-bond donors (Lipinski definition) is 4. The Morgan fingerprint density at radius 3 is 1.93 bits per heavy atom. The second kappa shape index (κ2) is 11.5. The quantitative estimate of drug-likeness (QED) is 0.126. The van der Waals surface area contributed by atoms with Crippen LogP contribution in [-0.2, 0) is 20.2 Å². The third-order valence-corrected chi connectivity index (χ3v) is 9.76. The highest BCUT2D eigenvalue weighted by molar-refractivity contribution is 7.86. The fourth-order valence-electron chi connectivity index (χ4n) is 5.73. The molecule has 0 spiro atoms. The van der Waals surface area contributed by atoms with E-state index in [0.717, 1.165) is 56.8 Å². The van der Waals surface area contributed by atoms with Gasteiger partial charge in [0.2, 0.25) is 11.0 Å². The van der Waals surface area contributed by atoms with E-state index in [1.807, 2.05) is 76.2 Å². The van der Waals surface area contributed by atoms with E-state index in [9.17, 15) is 25.9 Å². The van der Waals surface area contributed by atoms with Crippen LogP contribution in [0.3, 0.4) is 0 Å². The lowest BCUT2D eigenvalue weighted by atomic mass is 9.93. The number of fused-ring (bicyclic) bond motifs is 2. The van der Waals surface area contributed by atoms with E-state index < -0.39 is 30.0 Å². The van der Waals surface area contributed by atoms with Crippen LogP contribution in [0.2, 0.25) is 0 Å². The number of aryl methyl sites for hydroxylation is 4. The molecular weight excluding hydrogens is 625 g/mol. The van der Waals surface area contributed by atoms with Crippen molar-refractivity contribution in [1.29, 1.82) is 0 Å². The Morgan fingerprint density at radius 2 is 1.30 bits per heavy atom. The van der Waals surface area contributed by atoms with Gasteiger partial charge in [0.25, 0.3) is 20.2 Å². The van der Waals surface area contributed by atoms with E-state index >= 15 is 0 Å². The molecule has 0 amide bonds. The van der Waals surface area contributed by atoms with E-state index in [1.165, 1.54) is 6.07 Å².